The molecule has 0 bridgehead atoms. The topological polar surface area (TPSA) is 56.2 Å². The molecule has 0 amide bonds. The van der Waals surface area contributed by atoms with Crippen LogP contribution in [-0.2, 0) is 6.54 Å². The van der Waals surface area contributed by atoms with Gasteiger partial charge >= 0.3 is 0 Å². The largest absolute Gasteiger partial charge is 0.324 e. The Morgan fingerprint density at radius 1 is 1.25 bits per heavy atom. The third kappa shape index (κ3) is 2.70. The van der Waals surface area contributed by atoms with E-state index in [4.69, 9.17) is 5.73 Å². The van der Waals surface area contributed by atoms with Gasteiger partial charge in [0.25, 0.3) is 0 Å². The number of fused-ring (bicyclic) bond motifs is 1. The Balaban J connectivity index is 0.00000147. The number of rotatable bonds is 3. The van der Waals surface area contributed by atoms with E-state index >= 15 is 0 Å². The van der Waals surface area contributed by atoms with Gasteiger partial charge in [-0.15, -0.1) is 12.4 Å². The van der Waals surface area contributed by atoms with Crippen LogP contribution in [0.3, 0.4) is 0 Å². The van der Waals surface area contributed by atoms with Gasteiger partial charge in [-0.05, 0) is 11.5 Å². The maximum atomic E-state index is 5.57. The molecule has 3 rings (SSSR count). The number of imidazole rings is 1. The van der Waals surface area contributed by atoms with Crippen molar-refractivity contribution < 1.29 is 0 Å². The molecule has 2 aromatic heterocycles. The maximum absolute atomic E-state index is 5.57. The Kier molecular flexibility index (Phi) is 4.42. The summed E-state index contributed by atoms with van der Waals surface area (Å²) in [5.41, 5.74) is 8.99. The van der Waals surface area contributed by atoms with Gasteiger partial charge in [-0.25, -0.2) is 9.50 Å². The van der Waals surface area contributed by atoms with Gasteiger partial charge in [0, 0.05) is 12.1 Å². The fraction of sp³-hybridized carbons (Fsp3) is 0.286. The molecule has 0 aliphatic carbocycles. The van der Waals surface area contributed by atoms with E-state index in [9.17, 15) is 0 Å². The van der Waals surface area contributed by atoms with E-state index in [1.54, 1.807) is 4.52 Å². The molecule has 0 atom stereocenters. The summed E-state index contributed by atoms with van der Waals surface area (Å²) in [5, 5.41) is 5.28. The van der Waals surface area contributed by atoms with E-state index in [-0.39, 0.29) is 12.4 Å². The molecule has 0 radical (unpaired) electrons. The summed E-state index contributed by atoms with van der Waals surface area (Å²) < 4.78 is 1.80. The quantitative estimate of drug-likeness (QED) is 0.806. The Hall–Kier alpha value is -1.43. The third-order valence-corrected chi connectivity index (χ3v) is 4.08. The van der Waals surface area contributed by atoms with Crippen LogP contribution >= 0.6 is 23.7 Å². The van der Waals surface area contributed by atoms with Crippen molar-refractivity contribution in [2.45, 2.75) is 26.3 Å². The number of hydrogen-bond donors (Lipinski definition) is 1. The first-order valence-electron chi connectivity index (χ1n) is 6.33. The average molecular weight is 309 g/mol. The van der Waals surface area contributed by atoms with Gasteiger partial charge < -0.3 is 5.73 Å². The molecule has 1 aromatic carbocycles. The van der Waals surface area contributed by atoms with E-state index < -0.39 is 0 Å². The van der Waals surface area contributed by atoms with Gasteiger partial charge in [0.2, 0.25) is 4.96 Å². The van der Waals surface area contributed by atoms with Crippen molar-refractivity contribution in [3.8, 4) is 11.3 Å². The smallest absolute Gasteiger partial charge is 0.212 e. The summed E-state index contributed by atoms with van der Waals surface area (Å²) >= 11 is 1.54. The normalized spacial score (nSPS) is 11.0. The number of hydrogen-bond acceptors (Lipinski definition) is 4. The van der Waals surface area contributed by atoms with Gasteiger partial charge in [-0.1, -0.05) is 49.4 Å². The Morgan fingerprint density at radius 2 is 1.95 bits per heavy atom. The van der Waals surface area contributed by atoms with Crippen LogP contribution in [0.1, 0.15) is 30.3 Å². The minimum atomic E-state index is 0. The van der Waals surface area contributed by atoms with Crippen LogP contribution in [0.5, 0.6) is 0 Å². The number of nitrogens with two attached hydrogens (primary N) is 1. The Morgan fingerprint density at radius 3 is 2.50 bits per heavy atom. The minimum absolute atomic E-state index is 0. The molecule has 3 aromatic rings. The number of benzene rings is 1. The van der Waals surface area contributed by atoms with E-state index in [0.717, 1.165) is 21.2 Å². The lowest BCUT2D eigenvalue weighted by Gasteiger charge is -2.05. The van der Waals surface area contributed by atoms with Crippen molar-refractivity contribution in [1.82, 2.24) is 14.6 Å². The van der Waals surface area contributed by atoms with Crippen LogP contribution in [0, 0.1) is 0 Å². The molecule has 106 valence electrons. The van der Waals surface area contributed by atoms with Gasteiger partial charge in [-0.3, -0.25) is 0 Å². The molecule has 0 aliphatic rings. The third-order valence-electron chi connectivity index (χ3n) is 3.13. The van der Waals surface area contributed by atoms with Crippen LogP contribution in [0.15, 0.2) is 30.5 Å². The van der Waals surface area contributed by atoms with Gasteiger partial charge in [0.05, 0.1) is 11.9 Å². The summed E-state index contributed by atoms with van der Waals surface area (Å²) in [6.45, 7) is 4.85. The highest BCUT2D eigenvalue weighted by Crippen LogP contribution is 2.24. The van der Waals surface area contributed by atoms with Crippen LogP contribution in [0.4, 0.5) is 0 Å². The lowest BCUT2D eigenvalue weighted by atomic mass is 10.0. The fourth-order valence-electron chi connectivity index (χ4n) is 2.00. The first-order valence-corrected chi connectivity index (χ1v) is 7.14. The molecular weight excluding hydrogens is 292 g/mol. The van der Waals surface area contributed by atoms with Gasteiger partial charge in [0.1, 0.15) is 5.01 Å². The second-order valence-electron chi connectivity index (χ2n) is 4.83. The molecule has 20 heavy (non-hydrogen) atoms. The zero-order chi connectivity index (χ0) is 13.4. The van der Waals surface area contributed by atoms with Crippen molar-refractivity contribution in [1.29, 1.82) is 0 Å². The minimum Gasteiger partial charge on any atom is -0.324 e. The summed E-state index contributed by atoms with van der Waals surface area (Å²) in [5.74, 6) is 0.549. The highest BCUT2D eigenvalue weighted by atomic mass is 35.5. The molecule has 0 fully saturated rings. The van der Waals surface area contributed by atoms with E-state index in [0.29, 0.717) is 12.5 Å². The van der Waals surface area contributed by atoms with Crippen LogP contribution in [-0.4, -0.2) is 14.6 Å². The summed E-state index contributed by atoms with van der Waals surface area (Å²) in [6, 6.07) is 8.55. The van der Waals surface area contributed by atoms with Crippen molar-refractivity contribution in [3.63, 3.8) is 0 Å². The van der Waals surface area contributed by atoms with Crippen molar-refractivity contribution in [2.75, 3.05) is 0 Å². The SMILES string of the molecule is CC(C)c1ccc(-c2cn3nc(CN)sc3n2)cc1.Cl. The standard InChI is InChI=1S/C14H16N4S.ClH/c1-9(2)10-3-5-11(6-4-10)12-8-18-14(16-12)19-13(7-15)17-18;/h3-6,8-9H,7,15H2,1-2H3;1H. The molecule has 0 spiro atoms. The molecule has 4 nitrogen and oxygen atoms in total. The van der Waals surface area contributed by atoms with Crippen LogP contribution < -0.4 is 5.73 Å². The monoisotopic (exact) mass is 308 g/mol. The highest BCUT2D eigenvalue weighted by molar-refractivity contribution is 7.16. The van der Waals surface area contributed by atoms with Gasteiger partial charge in [-0.2, -0.15) is 5.10 Å². The van der Waals surface area contributed by atoms with Crippen LogP contribution in [0.25, 0.3) is 16.2 Å². The first-order chi connectivity index (χ1) is 9.17. The summed E-state index contributed by atoms with van der Waals surface area (Å²) in [6.07, 6.45) is 1.95. The lowest BCUT2D eigenvalue weighted by Crippen LogP contribution is -1.95. The summed E-state index contributed by atoms with van der Waals surface area (Å²) in [7, 11) is 0. The molecule has 0 saturated heterocycles. The second kappa shape index (κ2) is 5.91. The number of aromatic nitrogens is 3. The predicted molar refractivity (Wildman–Crippen MR) is 85.5 cm³/mol. The second-order valence-corrected chi connectivity index (χ2v) is 5.87. The predicted octanol–water partition coefficient (Wildman–Crippen LogP) is 3.46. The fourth-order valence-corrected chi connectivity index (χ4v) is 2.76. The molecule has 2 heterocycles. The van der Waals surface area contributed by atoms with Gasteiger partial charge in [0.15, 0.2) is 0 Å². The molecule has 0 aliphatic heterocycles. The van der Waals surface area contributed by atoms with E-state index in [1.165, 1.54) is 16.9 Å². The van der Waals surface area contributed by atoms with Crippen molar-refractivity contribution >= 4 is 28.7 Å². The molecule has 6 heteroatoms. The molecular formula is C14H17ClN4S. The first kappa shape index (κ1) is 15.0. The zero-order valence-corrected chi connectivity index (χ0v) is 13.0. The zero-order valence-electron chi connectivity index (χ0n) is 11.4. The highest BCUT2D eigenvalue weighted by Gasteiger charge is 2.09. The lowest BCUT2D eigenvalue weighted by molar-refractivity contribution is 0.867. The molecule has 0 unspecified atom stereocenters. The van der Waals surface area contributed by atoms with E-state index in [1.807, 2.05) is 6.20 Å². The Bertz CT molecular complexity index is 668. The average Bonchev–Trinajstić information content (AvgIpc) is 2.96. The molecule has 0 saturated carbocycles. The van der Waals surface area contributed by atoms with Crippen LogP contribution in [0.2, 0.25) is 0 Å². The van der Waals surface area contributed by atoms with Crippen molar-refractivity contribution in [2.24, 2.45) is 5.73 Å². The van der Waals surface area contributed by atoms with Crippen molar-refractivity contribution in [3.05, 3.63) is 41.0 Å². The summed E-state index contributed by atoms with van der Waals surface area (Å²) in [4.78, 5) is 5.48. The molecule has 2 N–H and O–H groups in total. The van der Waals surface area contributed by atoms with E-state index in [2.05, 4.69) is 48.2 Å². The Labute approximate surface area is 128 Å². The maximum Gasteiger partial charge on any atom is 0.212 e. The number of halogens is 1. The number of nitrogens with zero attached hydrogens (tertiary/aromatic N) is 3.